The second kappa shape index (κ2) is 4.24. The highest BCUT2D eigenvalue weighted by Crippen LogP contribution is 2.37. The van der Waals surface area contributed by atoms with Gasteiger partial charge < -0.3 is 0 Å². The highest BCUT2D eigenvalue weighted by Gasteiger charge is 2.32. The molecule has 1 saturated carbocycles. The van der Waals surface area contributed by atoms with E-state index < -0.39 is 11.7 Å². The molecule has 0 spiro atoms. The fraction of sp³-hybridized carbons (Fsp3) is 0.545. The maximum atomic E-state index is 12.4. The summed E-state index contributed by atoms with van der Waals surface area (Å²) in [6, 6.07) is 2.06. The highest BCUT2D eigenvalue weighted by molar-refractivity contribution is 6.21. The van der Waals surface area contributed by atoms with Crippen LogP contribution in [0.25, 0.3) is 0 Å². The Hall–Kier alpha value is -0.770. The smallest absolute Gasteiger partial charge is 0.261 e. The second-order valence-electron chi connectivity index (χ2n) is 4.09. The maximum absolute atomic E-state index is 12.4. The van der Waals surface area contributed by atoms with Crippen LogP contribution in [0.2, 0.25) is 0 Å². The van der Waals surface area contributed by atoms with Crippen molar-refractivity contribution in [3.63, 3.8) is 0 Å². The van der Waals surface area contributed by atoms with Crippen molar-refractivity contribution in [2.45, 2.75) is 30.8 Å². The molecular weight excluding hydrogens is 239 g/mol. The summed E-state index contributed by atoms with van der Waals surface area (Å²) < 4.78 is 37.2. The molecule has 88 valence electrons. The first kappa shape index (κ1) is 11.7. The minimum atomic E-state index is -4.31. The van der Waals surface area contributed by atoms with Crippen LogP contribution in [0.5, 0.6) is 0 Å². The summed E-state index contributed by atoms with van der Waals surface area (Å²) in [5.41, 5.74) is -0.237. The Balaban J connectivity index is 2.09. The van der Waals surface area contributed by atoms with Crippen LogP contribution >= 0.6 is 11.6 Å². The third-order valence-corrected chi connectivity index (χ3v) is 3.19. The van der Waals surface area contributed by atoms with Gasteiger partial charge in [0, 0.05) is 23.7 Å². The van der Waals surface area contributed by atoms with Gasteiger partial charge in [-0.15, -0.1) is 11.6 Å². The van der Waals surface area contributed by atoms with E-state index in [2.05, 4.69) is 4.98 Å². The molecule has 5 heteroatoms. The molecule has 1 aliphatic rings. The maximum Gasteiger partial charge on any atom is 0.416 e. The van der Waals surface area contributed by atoms with Gasteiger partial charge in [0.05, 0.1) is 5.56 Å². The van der Waals surface area contributed by atoms with Gasteiger partial charge in [-0.25, -0.2) is 0 Å². The molecule has 1 aromatic rings. The minimum absolute atomic E-state index is 0.0871. The number of hydrogen-bond donors (Lipinski definition) is 0. The minimum Gasteiger partial charge on any atom is -0.261 e. The Morgan fingerprint density at radius 3 is 2.69 bits per heavy atom. The lowest BCUT2D eigenvalue weighted by Crippen LogP contribution is -2.10. The number of halogens is 4. The average molecular weight is 250 g/mol. The first-order valence-electron chi connectivity index (χ1n) is 5.13. The van der Waals surface area contributed by atoms with Gasteiger partial charge in [-0.3, -0.25) is 4.98 Å². The van der Waals surface area contributed by atoms with Crippen molar-refractivity contribution in [3.05, 3.63) is 29.6 Å². The number of hydrogen-bond acceptors (Lipinski definition) is 1. The molecule has 0 N–H and O–H groups in total. The topological polar surface area (TPSA) is 12.9 Å². The summed E-state index contributed by atoms with van der Waals surface area (Å²) in [5.74, 6) is 0.456. The molecule has 1 aliphatic carbocycles. The first-order chi connectivity index (χ1) is 7.47. The van der Waals surface area contributed by atoms with E-state index in [-0.39, 0.29) is 5.38 Å². The third kappa shape index (κ3) is 2.88. The zero-order chi connectivity index (χ0) is 11.8. The predicted molar refractivity (Wildman–Crippen MR) is 55.3 cm³/mol. The summed E-state index contributed by atoms with van der Waals surface area (Å²) >= 11 is 6.06. The van der Waals surface area contributed by atoms with Crippen molar-refractivity contribution in [2.24, 2.45) is 5.92 Å². The number of rotatable bonds is 3. The summed E-state index contributed by atoms with van der Waals surface area (Å²) in [6.45, 7) is 0. The van der Waals surface area contributed by atoms with Crippen molar-refractivity contribution >= 4 is 11.6 Å². The predicted octanol–water partition coefficient (Wildman–Crippen LogP) is 3.66. The van der Waals surface area contributed by atoms with Crippen LogP contribution in [0.15, 0.2) is 18.3 Å². The van der Waals surface area contributed by atoms with Gasteiger partial charge in [0.2, 0.25) is 0 Å². The molecule has 1 atom stereocenters. The summed E-state index contributed by atoms with van der Waals surface area (Å²) in [5, 5.41) is -0.0871. The van der Waals surface area contributed by atoms with E-state index in [0.29, 0.717) is 18.0 Å². The van der Waals surface area contributed by atoms with E-state index in [1.165, 1.54) is 6.20 Å². The van der Waals surface area contributed by atoms with Crippen molar-refractivity contribution in [1.29, 1.82) is 0 Å². The summed E-state index contributed by atoms with van der Waals surface area (Å²) in [4.78, 5) is 3.92. The number of pyridine rings is 1. The molecule has 1 heterocycles. The van der Waals surface area contributed by atoms with Gasteiger partial charge >= 0.3 is 6.18 Å². The largest absolute Gasteiger partial charge is 0.416 e. The van der Waals surface area contributed by atoms with Gasteiger partial charge in [0.1, 0.15) is 0 Å². The molecule has 2 rings (SSSR count). The molecule has 0 saturated heterocycles. The molecule has 1 aromatic heterocycles. The molecule has 1 unspecified atom stereocenters. The molecular formula is C11H11ClF3N. The van der Waals surface area contributed by atoms with Crippen LogP contribution in [0.1, 0.15) is 24.1 Å². The van der Waals surface area contributed by atoms with E-state index in [1.807, 2.05) is 0 Å². The molecule has 0 radical (unpaired) electrons. The van der Waals surface area contributed by atoms with E-state index in [1.54, 1.807) is 0 Å². The fourth-order valence-corrected chi connectivity index (χ4v) is 2.00. The fourth-order valence-electron chi connectivity index (χ4n) is 1.59. The molecule has 0 aliphatic heterocycles. The zero-order valence-electron chi connectivity index (χ0n) is 8.47. The van der Waals surface area contributed by atoms with E-state index in [4.69, 9.17) is 11.6 Å². The van der Waals surface area contributed by atoms with Gasteiger partial charge in [-0.1, -0.05) is 0 Å². The van der Waals surface area contributed by atoms with Crippen molar-refractivity contribution in [3.8, 4) is 0 Å². The quantitative estimate of drug-likeness (QED) is 0.745. The lowest BCUT2D eigenvalue weighted by atomic mass is 10.1. The lowest BCUT2D eigenvalue weighted by molar-refractivity contribution is -0.137. The van der Waals surface area contributed by atoms with Crippen molar-refractivity contribution in [1.82, 2.24) is 4.98 Å². The number of nitrogens with zero attached hydrogens (tertiary/aromatic N) is 1. The van der Waals surface area contributed by atoms with Crippen molar-refractivity contribution in [2.75, 3.05) is 0 Å². The Kier molecular flexibility index (Phi) is 3.10. The molecule has 1 fully saturated rings. The zero-order valence-corrected chi connectivity index (χ0v) is 9.22. The Morgan fingerprint density at radius 1 is 1.44 bits per heavy atom. The SMILES string of the molecule is FC(F)(F)c1ccnc(CC(Cl)C2CC2)c1. The van der Waals surface area contributed by atoms with Crippen LogP contribution in [0.3, 0.4) is 0 Å². The van der Waals surface area contributed by atoms with Gasteiger partial charge in [-0.05, 0) is 30.9 Å². The van der Waals surface area contributed by atoms with Crippen LogP contribution in [-0.4, -0.2) is 10.4 Å². The van der Waals surface area contributed by atoms with Gasteiger partial charge in [-0.2, -0.15) is 13.2 Å². The lowest BCUT2D eigenvalue weighted by Gasteiger charge is -2.10. The van der Waals surface area contributed by atoms with Crippen LogP contribution in [0.4, 0.5) is 13.2 Å². The van der Waals surface area contributed by atoms with Crippen LogP contribution < -0.4 is 0 Å². The number of alkyl halides is 4. The average Bonchev–Trinajstić information content (AvgIpc) is 2.99. The van der Waals surface area contributed by atoms with E-state index in [9.17, 15) is 13.2 Å². The molecule has 1 nitrogen and oxygen atoms in total. The van der Waals surface area contributed by atoms with E-state index in [0.717, 1.165) is 25.0 Å². The third-order valence-electron chi connectivity index (χ3n) is 2.68. The molecule has 0 amide bonds. The van der Waals surface area contributed by atoms with E-state index >= 15 is 0 Å². The standard InChI is InChI=1S/C11H11ClF3N/c12-10(7-1-2-7)6-9-5-8(3-4-16-9)11(13,14)15/h3-5,7,10H,1-2,6H2. The summed E-state index contributed by atoms with van der Waals surface area (Å²) in [6.07, 6.45) is -0.551. The van der Waals surface area contributed by atoms with Crippen LogP contribution in [-0.2, 0) is 12.6 Å². The molecule has 0 aromatic carbocycles. The molecule has 16 heavy (non-hydrogen) atoms. The summed E-state index contributed by atoms with van der Waals surface area (Å²) in [7, 11) is 0. The Labute approximate surface area is 96.6 Å². The van der Waals surface area contributed by atoms with Gasteiger partial charge in [0.25, 0.3) is 0 Å². The molecule has 0 bridgehead atoms. The highest BCUT2D eigenvalue weighted by atomic mass is 35.5. The van der Waals surface area contributed by atoms with Crippen molar-refractivity contribution < 1.29 is 13.2 Å². The first-order valence-corrected chi connectivity index (χ1v) is 5.56. The van der Waals surface area contributed by atoms with Crippen LogP contribution in [0, 0.1) is 5.92 Å². The van der Waals surface area contributed by atoms with Gasteiger partial charge in [0.15, 0.2) is 0 Å². The normalized spacial score (nSPS) is 18.5. The second-order valence-corrected chi connectivity index (χ2v) is 4.65. The number of aromatic nitrogens is 1. The Morgan fingerprint density at radius 2 is 2.12 bits per heavy atom. The Bertz CT molecular complexity index is 374. The monoisotopic (exact) mass is 249 g/mol.